The monoisotopic (exact) mass is 311 g/mol. The van der Waals surface area contributed by atoms with Gasteiger partial charge in [0.2, 0.25) is 0 Å². The second-order valence-electron chi connectivity index (χ2n) is 6.01. The Morgan fingerprint density at radius 1 is 1.22 bits per heavy atom. The minimum atomic E-state index is -0.287. The topological polar surface area (TPSA) is 46.8 Å². The molecule has 1 atom stereocenters. The van der Waals surface area contributed by atoms with Gasteiger partial charge in [-0.2, -0.15) is 5.10 Å². The summed E-state index contributed by atoms with van der Waals surface area (Å²) >= 11 is 0. The first-order valence-corrected chi connectivity index (χ1v) is 7.95. The maximum Gasteiger partial charge on any atom is 0.168 e. The van der Waals surface area contributed by atoms with Gasteiger partial charge in [0, 0.05) is 12.6 Å². The summed E-state index contributed by atoms with van der Waals surface area (Å²) in [5, 5.41) is 5.32. The van der Waals surface area contributed by atoms with Crippen LogP contribution in [0.15, 0.2) is 36.8 Å². The van der Waals surface area contributed by atoms with Crippen LogP contribution in [0.1, 0.15) is 26.2 Å². The van der Waals surface area contributed by atoms with E-state index >= 15 is 0 Å². The summed E-state index contributed by atoms with van der Waals surface area (Å²) in [6, 6.07) is 6.83. The molecule has 3 aromatic rings. The Morgan fingerprint density at radius 3 is 2.96 bits per heavy atom. The highest BCUT2D eigenvalue weighted by Crippen LogP contribution is 2.29. The van der Waals surface area contributed by atoms with Crippen LogP contribution in [0.3, 0.4) is 0 Å². The molecule has 4 rings (SSSR count). The molecule has 1 aliphatic rings. The van der Waals surface area contributed by atoms with Crippen LogP contribution >= 0.6 is 0 Å². The number of anilines is 1. The maximum atomic E-state index is 13.5. The molecule has 5 nitrogen and oxygen atoms in total. The third-order valence-electron chi connectivity index (χ3n) is 4.47. The molecule has 1 aromatic carbocycles. The van der Waals surface area contributed by atoms with Crippen molar-refractivity contribution in [3.8, 4) is 5.69 Å². The Kier molecular flexibility index (Phi) is 3.44. The number of aromatic nitrogens is 4. The molecule has 6 heteroatoms. The number of hydrogen-bond donors (Lipinski definition) is 0. The lowest BCUT2D eigenvalue weighted by Gasteiger charge is -2.34. The van der Waals surface area contributed by atoms with E-state index in [4.69, 9.17) is 0 Å². The number of benzene rings is 1. The first-order valence-electron chi connectivity index (χ1n) is 7.95. The van der Waals surface area contributed by atoms with Gasteiger partial charge in [0.15, 0.2) is 5.65 Å². The highest BCUT2D eigenvalue weighted by Gasteiger charge is 2.23. The van der Waals surface area contributed by atoms with Gasteiger partial charge >= 0.3 is 0 Å². The molecule has 1 saturated heterocycles. The van der Waals surface area contributed by atoms with E-state index in [0.29, 0.717) is 17.4 Å². The Balaban J connectivity index is 1.83. The highest BCUT2D eigenvalue weighted by atomic mass is 19.1. The largest absolute Gasteiger partial charge is 0.353 e. The number of nitrogens with zero attached hydrogens (tertiary/aromatic N) is 5. The fourth-order valence-electron chi connectivity index (χ4n) is 3.27. The number of rotatable bonds is 2. The predicted octanol–water partition coefficient (Wildman–Crippen LogP) is 3.33. The van der Waals surface area contributed by atoms with Crippen molar-refractivity contribution in [3.63, 3.8) is 0 Å². The van der Waals surface area contributed by atoms with E-state index in [9.17, 15) is 4.39 Å². The number of piperidine rings is 1. The molecule has 0 spiro atoms. The van der Waals surface area contributed by atoms with Gasteiger partial charge < -0.3 is 4.90 Å². The lowest BCUT2D eigenvalue weighted by molar-refractivity contribution is 0.482. The van der Waals surface area contributed by atoms with Gasteiger partial charge in [-0.05, 0) is 44.4 Å². The van der Waals surface area contributed by atoms with Crippen LogP contribution in [-0.4, -0.2) is 32.3 Å². The van der Waals surface area contributed by atoms with Crippen molar-refractivity contribution in [2.75, 3.05) is 11.4 Å². The zero-order valence-electron chi connectivity index (χ0n) is 13.0. The number of hydrogen-bond acceptors (Lipinski definition) is 4. The van der Waals surface area contributed by atoms with Gasteiger partial charge in [0.05, 0.1) is 17.3 Å². The quantitative estimate of drug-likeness (QED) is 0.728. The third-order valence-corrected chi connectivity index (χ3v) is 4.47. The van der Waals surface area contributed by atoms with Crippen molar-refractivity contribution < 1.29 is 4.39 Å². The van der Waals surface area contributed by atoms with E-state index in [1.54, 1.807) is 23.3 Å². The van der Waals surface area contributed by atoms with Crippen LogP contribution < -0.4 is 4.90 Å². The van der Waals surface area contributed by atoms with Gasteiger partial charge in [-0.1, -0.05) is 6.07 Å². The van der Waals surface area contributed by atoms with E-state index < -0.39 is 0 Å². The molecule has 1 unspecified atom stereocenters. The van der Waals surface area contributed by atoms with E-state index in [2.05, 4.69) is 26.9 Å². The van der Waals surface area contributed by atoms with Crippen molar-refractivity contribution in [1.29, 1.82) is 0 Å². The van der Waals surface area contributed by atoms with Crippen LogP contribution in [0.4, 0.5) is 10.2 Å². The van der Waals surface area contributed by atoms with E-state index in [1.807, 2.05) is 6.07 Å². The number of fused-ring (bicyclic) bond motifs is 1. The summed E-state index contributed by atoms with van der Waals surface area (Å²) in [5.74, 6) is 0.634. The summed E-state index contributed by atoms with van der Waals surface area (Å²) in [6.45, 7) is 3.22. The fraction of sp³-hybridized carbons (Fsp3) is 0.353. The first-order chi connectivity index (χ1) is 11.2. The smallest absolute Gasteiger partial charge is 0.168 e. The molecule has 1 fully saturated rings. The Hall–Kier alpha value is -2.50. The summed E-state index contributed by atoms with van der Waals surface area (Å²) in [7, 11) is 0. The molecule has 0 bridgehead atoms. The summed E-state index contributed by atoms with van der Waals surface area (Å²) in [5.41, 5.74) is 1.37. The standard InChI is InChI=1S/C17H18FN5/c1-12-5-2-3-8-22(12)16-15-10-21-23(17(15)20-11-19-16)14-7-4-6-13(18)9-14/h4,6-7,9-12H,2-3,5,8H2,1H3. The summed E-state index contributed by atoms with van der Waals surface area (Å²) in [6.07, 6.45) is 6.94. The second kappa shape index (κ2) is 5.61. The van der Waals surface area contributed by atoms with Crippen molar-refractivity contribution in [2.24, 2.45) is 0 Å². The highest BCUT2D eigenvalue weighted by molar-refractivity contribution is 5.87. The van der Waals surface area contributed by atoms with Gasteiger partial charge in [0.1, 0.15) is 18.0 Å². The molecule has 0 saturated carbocycles. The van der Waals surface area contributed by atoms with Gasteiger partial charge in [-0.25, -0.2) is 19.0 Å². The minimum absolute atomic E-state index is 0.287. The van der Waals surface area contributed by atoms with Crippen molar-refractivity contribution in [1.82, 2.24) is 19.7 Å². The zero-order chi connectivity index (χ0) is 15.8. The molecule has 0 N–H and O–H groups in total. The van der Waals surface area contributed by atoms with Crippen molar-refractivity contribution in [3.05, 3.63) is 42.6 Å². The molecule has 3 heterocycles. The zero-order valence-corrected chi connectivity index (χ0v) is 13.0. The van der Waals surface area contributed by atoms with Crippen molar-refractivity contribution >= 4 is 16.9 Å². The second-order valence-corrected chi connectivity index (χ2v) is 6.01. The average molecular weight is 311 g/mol. The van der Waals surface area contributed by atoms with Gasteiger partial charge in [-0.15, -0.1) is 0 Å². The van der Waals surface area contributed by atoms with Gasteiger partial charge in [0.25, 0.3) is 0 Å². The number of halogens is 1. The normalized spacial score (nSPS) is 18.5. The molecule has 1 aliphatic heterocycles. The van der Waals surface area contributed by atoms with Crippen LogP contribution in [-0.2, 0) is 0 Å². The molecule has 23 heavy (non-hydrogen) atoms. The van der Waals surface area contributed by atoms with E-state index in [1.165, 1.54) is 31.4 Å². The lowest BCUT2D eigenvalue weighted by Crippen LogP contribution is -2.38. The molecule has 0 radical (unpaired) electrons. The lowest BCUT2D eigenvalue weighted by atomic mass is 10.0. The predicted molar refractivity (Wildman–Crippen MR) is 87.3 cm³/mol. The SMILES string of the molecule is CC1CCCCN1c1ncnc2c1cnn2-c1cccc(F)c1. The van der Waals surface area contributed by atoms with Crippen LogP contribution in [0, 0.1) is 5.82 Å². The fourth-order valence-corrected chi connectivity index (χ4v) is 3.27. The van der Waals surface area contributed by atoms with Crippen molar-refractivity contribution in [2.45, 2.75) is 32.2 Å². The summed E-state index contributed by atoms with van der Waals surface area (Å²) in [4.78, 5) is 11.2. The van der Waals surface area contributed by atoms with E-state index in [0.717, 1.165) is 17.7 Å². The Labute approximate surface area is 133 Å². The molecule has 2 aromatic heterocycles. The average Bonchev–Trinajstić information content (AvgIpc) is 2.99. The van der Waals surface area contributed by atoms with Crippen LogP contribution in [0.25, 0.3) is 16.7 Å². The molecule has 118 valence electrons. The molecule has 0 amide bonds. The summed E-state index contributed by atoms with van der Waals surface area (Å²) < 4.78 is 15.2. The van der Waals surface area contributed by atoms with Gasteiger partial charge in [-0.3, -0.25) is 0 Å². The van der Waals surface area contributed by atoms with Crippen LogP contribution in [0.2, 0.25) is 0 Å². The Morgan fingerprint density at radius 2 is 2.13 bits per heavy atom. The first kappa shape index (κ1) is 14.1. The minimum Gasteiger partial charge on any atom is -0.353 e. The molecular weight excluding hydrogens is 293 g/mol. The molecular formula is C17H18FN5. The third kappa shape index (κ3) is 2.44. The Bertz CT molecular complexity index is 844. The maximum absolute atomic E-state index is 13.5. The van der Waals surface area contributed by atoms with E-state index in [-0.39, 0.29) is 5.82 Å². The molecule has 0 aliphatic carbocycles. The van der Waals surface area contributed by atoms with Crippen LogP contribution in [0.5, 0.6) is 0 Å².